The van der Waals surface area contributed by atoms with Gasteiger partial charge in [0.05, 0.1) is 12.8 Å². The third-order valence-corrected chi connectivity index (χ3v) is 3.30. The number of hydrogen-bond donors (Lipinski definition) is 0. The Hall–Kier alpha value is -1.16. The molecule has 114 valence electrons. The largest absolute Gasteiger partial charge is 0.467 e. The van der Waals surface area contributed by atoms with Crippen molar-refractivity contribution in [2.45, 2.75) is 52.1 Å². The Labute approximate surface area is 126 Å². The summed E-state index contributed by atoms with van der Waals surface area (Å²) in [6.07, 6.45) is 1.24. The summed E-state index contributed by atoms with van der Waals surface area (Å²) in [6, 6.07) is 3.64. The molecule has 0 saturated heterocycles. The van der Waals surface area contributed by atoms with E-state index >= 15 is 0 Å². The van der Waals surface area contributed by atoms with Gasteiger partial charge >= 0.3 is 6.09 Å². The zero-order valence-electron chi connectivity index (χ0n) is 12.9. The van der Waals surface area contributed by atoms with Crippen molar-refractivity contribution < 1.29 is 13.9 Å². The van der Waals surface area contributed by atoms with Gasteiger partial charge in [0.1, 0.15) is 11.4 Å². The number of hydrogen-bond acceptors (Lipinski definition) is 3. The molecule has 5 heteroatoms. The van der Waals surface area contributed by atoms with Gasteiger partial charge in [0, 0.05) is 11.9 Å². The van der Waals surface area contributed by atoms with E-state index in [-0.39, 0.29) is 17.4 Å². The molecule has 0 fully saturated rings. The molecule has 1 rings (SSSR count). The van der Waals surface area contributed by atoms with Crippen molar-refractivity contribution in [1.82, 2.24) is 4.90 Å². The highest BCUT2D eigenvalue weighted by Gasteiger charge is 2.25. The van der Waals surface area contributed by atoms with E-state index in [2.05, 4.69) is 0 Å². The second-order valence-electron chi connectivity index (χ2n) is 6.10. The van der Waals surface area contributed by atoms with Gasteiger partial charge in [0.25, 0.3) is 0 Å². The van der Waals surface area contributed by atoms with Crippen LogP contribution in [-0.2, 0) is 11.3 Å². The molecule has 4 nitrogen and oxygen atoms in total. The van der Waals surface area contributed by atoms with Crippen LogP contribution < -0.4 is 0 Å². The molecule has 0 N–H and O–H groups in total. The number of rotatable bonds is 5. The van der Waals surface area contributed by atoms with E-state index in [1.165, 1.54) is 0 Å². The number of ether oxygens (including phenoxy) is 1. The highest BCUT2D eigenvalue weighted by atomic mass is 35.5. The first kappa shape index (κ1) is 16.9. The van der Waals surface area contributed by atoms with Gasteiger partial charge in [0.2, 0.25) is 0 Å². The molecule has 1 aromatic heterocycles. The normalized spacial score (nSPS) is 14.7. The number of carbonyl (C=O) groups is 1. The first-order valence-corrected chi connectivity index (χ1v) is 7.27. The number of alkyl halides is 1. The van der Waals surface area contributed by atoms with Crippen LogP contribution >= 0.6 is 11.6 Å². The lowest BCUT2D eigenvalue weighted by molar-refractivity contribution is 0.0194. The molecule has 0 saturated carbocycles. The zero-order chi connectivity index (χ0) is 15.3. The molecule has 0 bridgehead atoms. The summed E-state index contributed by atoms with van der Waals surface area (Å²) in [7, 11) is 0. The van der Waals surface area contributed by atoms with Crippen LogP contribution in [0.5, 0.6) is 0 Å². The van der Waals surface area contributed by atoms with Gasteiger partial charge in [0.15, 0.2) is 0 Å². The van der Waals surface area contributed by atoms with Crippen molar-refractivity contribution in [2.75, 3.05) is 6.54 Å². The Morgan fingerprint density at radius 1 is 1.45 bits per heavy atom. The molecule has 0 spiro atoms. The Kier molecular flexibility index (Phi) is 5.93. The quantitative estimate of drug-likeness (QED) is 0.762. The summed E-state index contributed by atoms with van der Waals surface area (Å²) in [5.41, 5.74) is -0.520. The van der Waals surface area contributed by atoms with Crippen molar-refractivity contribution >= 4 is 17.7 Å². The van der Waals surface area contributed by atoms with Crippen LogP contribution in [0.3, 0.4) is 0 Å². The predicted molar refractivity (Wildman–Crippen MR) is 79.8 cm³/mol. The number of halogens is 1. The van der Waals surface area contributed by atoms with Crippen molar-refractivity contribution in [3.63, 3.8) is 0 Å². The van der Waals surface area contributed by atoms with E-state index in [0.29, 0.717) is 13.1 Å². The molecular weight excluding hydrogens is 278 g/mol. The standard InChI is InChI=1S/C15H24ClNO3/c1-11(12(2)16)9-17(10-13-7-6-8-19-13)14(18)20-15(3,4)5/h6-8,11-12H,9-10H2,1-5H3/t11-,12?/m0/s1. The van der Waals surface area contributed by atoms with E-state index in [9.17, 15) is 4.79 Å². The Morgan fingerprint density at radius 3 is 2.55 bits per heavy atom. The van der Waals surface area contributed by atoms with Crippen molar-refractivity contribution in [1.29, 1.82) is 0 Å². The minimum absolute atomic E-state index is 0.0171. The molecule has 0 aromatic carbocycles. The number of furan rings is 1. The highest BCUT2D eigenvalue weighted by molar-refractivity contribution is 6.20. The molecule has 2 atom stereocenters. The molecule has 20 heavy (non-hydrogen) atoms. The van der Waals surface area contributed by atoms with Crippen molar-refractivity contribution in [3.8, 4) is 0 Å². The Morgan fingerprint density at radius 2 is 2.10 bits per heavy atom. The van der Waals surface area contributed by atoms with Crippen LogP contribution in [0.15, 0.2) is 22.8 Å². The molecule has 1 unspecified atom stereocenters. The third kappa shape index (κ3) is 5.87. The van der Waals surface area contributed by atoms with Gasteiger partial charge in [-0.3, -0.25) is 0 Å². The first-order chi connectivity index (χ1) is 9.19. The summed E-state index contributed by atoms with van der Waals surface area (Å²) >= 11 is 6.09. The monoisotopic (exact) mass is 301 g/mol. The second-order valence-corrected chi connectivity index (χ2v) is 6.78. The van der Waals surface area contributed by atoms with Crippen LogP contribution in [0.1, 0.15) is 40.4 Å². The van der Waals surface area contributed by atoms with Crippen molar-refractivity contribution in [3.05, 3.63) is 24.2 Å². The lowest BCUT2D eigenvalue weighted by atomic mass is 10.1. The average molecular weight is 302 g/mol. The van der Waals surface area contributed by atoms with Gasteiger partial charge in [-0.05, 0) is 45.7 Å². The predicted octanol–water partition coefficient (Wildman–Crippen LogP) is 4.28. The highest BCUT2D eigenvalue weighted by Crippen LogP contribution is 2.17. The van der Waals surface area contributed by atoms with Crippen LogP contribution in [0.25, 0.3) is 0 Å². The van der Waals surface area contributed by atoms with E-state index in [4.69, 9.17) is 20.8 Å². The first-order valence-electron chi connectivity index (χ1n) is 6.83. The van der Waals surface area contributed by atoms with E-state index in [0.717, 1.165) is 5.76 Å². The summed E-state index contributed by atoms with van der Waals surface area (Å²) in [5.74, 6) is 0.893. The van der Waals surface area contributed by atoms with E-state index in [1.54, 1.807) is 17.2 Å². The molecule has 0 radical (unpaired) electrons. The SMILES string of the molecule is CC(Cl)[C@@H](C)CN(Cc1ccco1)C(=O)OC(C)(C)C. The maximum absolute atomic E-state index is 12.3. The second kappa shape index (κ2) is 7.02. The summed E-state index contributed by atoms with van der Waals surface area (Å²) in [4.78, 5) is 13.9. The fraction of sp³-hybridized carbons (Fsp3) is 0.667. The van der Waals surface area contributed by atoms with Crippen LogP contribution in [-0.4, -0.2) is 28.5 Å². The number of nitrogens with zero attached hydrogens (tertiary/aromatic N) is 1. The Bertz CT molecular complexity index is 409. The van der Waals surface area contributed by atoms with Crippen LogP contribution in [0.2, 0.25) is 0 Å². The summed E-state index contributed by atoms with van der Waals surface area (Å²) < 4.78 is 10.7. The number of carbonyl (C=O) groups excluding carboxylic acids is 1. The molecule has 0 aliphatic carbocycles. The lowest BCUT2D eigenvalue weighted by Gasteiger charge is -2.29. The lowest BCUT2D eigenvalue weighted by Crippen LogP contribution is -2.39. The smallest absolute Gasteiger partial charge is 0.410 e. The minimum Gasteiger partial charge on any atom is -0.467 e. The van der Waals surface area contributed by atoms with Gasteiger partial charge in [-0.15, -0.1) is 11.6 Å². The summed E-state index contributed by atoms with van der Waals surface area (Å²) in [6.45, 7) is 10.4. The van der Waals surface area contributed by atoms with E-state index in [1.807, 2.05) is 40.7 Å². The molecule has 1 aromatic rings. The van der Waals surface area contributed by atoms with Crippen LogP contribution in [0.4, 0.5) is 4.79 Å². The molecule has 0 aliphatic heterocycles. The third-order valence-electron chi connectivity index (χ3n) is 2.87. The fourth-order valence-corrected chi connectivity index (χ4v) is 1.69. The number of amides is 1. The minimum atomic E-state index is -0.520. The fourth-order valence-electron chi connectivity index (χ4n) is 1.61. The topological polar surface area (TPSA) is 42.7 Å². The summed E-state index contributed by atoms with van der Waals surface area (Å²) in [5, 5.41) is -0.0171. The maximum Gasteiger partial charge on any atom is 0.410 e. The molecular formula is C15H24ClNO3. The van der Waals surface area contributed by atoms with Gasteiger partial charge in [-0.2, -0.15) is 0 Å². The zero-order valence-corrected chi connectivity index (χ0v) is 13.6. The maximum atomic E-state index is 12.3. The Balaban J connectivity index is 2.75. The molecule has 1 heterocycles. The average Bonchev–Trinajstić information content (AvgIpc) is 2.78. The molecule has 0 aliphatic rings. The molecule has 1 amide bonds. The van der Waals surface area contributed by atoms with Crippen LogP contribution in [0, 0.1) is 5.92 Å². The van der Waals surface area contributed by atoms with Gasteiger partial charge in [-0.25, -0.2) is 4.79 Å². The van der Waals surface area contributed by atoms with Gasteiger partial charge < -0.3 is 14.1 Å². The van der Waals surface area contributed by atoms with Crippen molar-refractivity contribution in [2.24, 2.45) is 5.92 Å². The van der Waals surface area contributed by atoms with Gasteiger partial charge in [-0.1, -0.05) is 6.92 Å². The van der Waals surface area contributed by atoms with E-state index < -0.39 is 5.60 Å².